The molecule has 1 unspecified atom stereocenters. The molecule has 0 spiro atoms. The van der Waals surface area contributed by atoms with Crippen molar-refractivity contribution in [2.45, 2.75) is 88.7 Å². The van der Waals surface area contributed by atoms with E-state index in [2.05, 4.69) is 0 Å². The van der Waals surface area contributed by atoms with Crippen molar-refractivity contribution in [3.63, 3.8) is 0 Å². The molecular weight excluding hydrogens is 781 g/mol. The highest BCUT2D eigenvalue weighted by Crippen LogP contribution is 2.40. The molecule has 0 aliphatic carbocycles. The van der Waals surface area contributed by atoms with Crippen LogP contribution in [0.3, 0.4) is 0 Å². The highest BCUT2D eigenvalue weighted by molar-refractivity contribution is 7.86. The zero-order valence-electron chi connectivity index (χ0n) is 32.9. The van der Waals surface area contributed by atoms with Crippen LogP contribution in [0.5, 0.6) is 5.75 Å². The van der Waals surface area contributed by atoms with Gasteiger partial charge in [0.15, 0.2) is 31.1 Å². The van der Waals surface area contributed by atoms with Crippen LogP contribution in [-0.4, -0.2) is 116 Å². The van der Waals surface area contributed by atoms with Gasteiger partial charge in [-0.1, -0.05) is 72.8 Å². The second-order valence-electron chi connectivity index (χ2n) is 13.9. The maximum absolute atomic E-state index is 13.3. The lowest BCUT2D eigenvalue weighted by atomic mass is 9.89. The number of methoxy groups -OCH3 is 2. The van der Waals surface area contributed by atoms with Gasteiger partial charge in [-0.15, -0.1) is 0 Å². The number of benzene rings is 3. The first-order valence-electron chi connectivity index (χ1n) is 18.8. The number of esters is 2. The summed E-state index contributed by atoms with van der Waals surface area (Å²) in [7, 11) is -0.167. The lowest BCUT2D eigenvalue weighted by Crippen LogP contribution is -2.66. The van der Waals surface area contributed by atoms with Crippen molar-refractivity contribution in [1.29, 1.82) is 0 Å². The Kier molecular flexibility index (Phi) is 15.3. The predicted octanol–water partition coefficient (Wildman–Crippen LogP) is 3.85. The van der Waals surface area contributed by atoms with E-state index < -0.39 is 95.3 Å². The summed E-state index contributed by atoms with van der Waals surface area (Å²) in [5.74, 6) is -2.45. The number of fused-ring (bicyclic) bond motifs is 1. The fourth-order valence-corrected chi connectivity index (χ4v) is 8.20. The van der Waals surface area contributed by atoms with Crippen LogP contribution in [0.15, 0.2) is 84.9 Å². The molecule has 3 aliphatic rings. The van der Waals surface area contributed by atoms with Gasteiger partial charge in [0.1, 0.15) is 30.2 Å². The molecule has 58 heavy (non-hydrogen) atoms. The summed E-state index contributed by atoms with van der Waals surface area (Å²) in [5, 5.41) is 0. The fraction of sp³-hybridized carbons (Fsp3) is 0.512. The van der Waals surface area contributed by atoms with Crippen molar-refractivity contribution < 1.29 is 74.3 Å². The first-order valence-corrected chi connectivity index (χ1v) is 20.4. The molecule has 3 aromatic carbocycles. The van der Waals surface area contributed by atoms with Crippen molar-refractivity contribution >= 4 is 22.1 Å². The lowest BCUT2D eigenvalue weighted by molar-refractivity contribution is -0.383. The van der Waals surface area contributed by atoms with E-state index in [4.69, 9.17) is 56.3 Å². The zero-order chi connectivity index (χ0) is 41.2. The molecule has 0 amide bonds. The summed E-state index contributed by atoms with van der Waals surface area (Å²) in [6, 6.07) is 25.8. The summed E-state index contributed by atoms with van der Waals surface area (Å²) >= 11 is 0. The second kappa shape index (κ2) is 20.3. The van der Waals surface area contributed by atoms with Crippen molar-refractivity contribution in [3.8, 4) is 5.75 Å². The lowest BCUT2D eigenvalue weighted by Gasteiger charge is -2.51. The molecule has 6 rings (SSSR count). The van der Waals surface area contributed by atoms with E-state index in [1.165, 1.54) is 21.0 Å². The van der Waals surface area contributed by atoms with Crippen LogP contribution < -0.4 is 4.74 Å². The molecule has 11 atom stereocenters. The Hall–Kier alpha value is -4.01. The van der Waals surface area contributed by atoms with E-state index in [9.17, 15) is 18.0 Å². The predicted molar refractivity (Wildman–Crippen MR) is 202 cm³/mol. The Morgan fingerprint density at radius 3 is 1.97 bits per heavy atom. The van der Waals surface area contributed by atoms with Gasteiger partial charge >= 0.3 is 11.9 Å². The maximum atomic E-state index is 13.3. The number of carbonyl (C=O) groups is 2. The molecule has 3 aromatic rings. The third-order valence-electron chi connectivity index (χ3n) is 9.92. The number of carbonyl (C=O) groups excluding carboxylic acids is 2. The molecule has 0 N–H and O–H groups in total. The molecule has 3 heterocycles. The molecule has 316 valence electrons. The topological polar surface area (TPSA) is 179 Å². The van der Waals surface area contributed by atoms with Crippen molar-refractivity contribution in [2.24, 2.45) is 5.92 Å². The second-order valence-corrected chi connectivity index (χ2v) is 15.7. The molecule has 0 saturated carbocycles. The van der Waals surface area contributed by atoms with Crippen LogP contribution in [0, 0.1) is 5.92 Å². The van der Waals surface area contributed by atoms with Crippen LogP contribution in [0.2, 0.25) is 0 Å². The first-order chi connectivity index (χ1) is 28.0. The third-order valence-corrected chi connectivity index (χ3v) is 11.2. The molecule has 17 heteroatoms. The number of ether oxygens (including phenoxy) is 11. The molecule has 3 saturated heterocycles. The molecular formula is C41H50O16S. The van der Waals surface area contributed by atoms with Gasteiger partial charge in [0.2, 0.25) is 0 Å². The van der Waals surface area contributed by atoms with Gasteiger partial charge in [-0.25, -0.2) is 0 Å². The van der Waals surface area contributed by atoms with Gasteiger partial charge in [-0.05, 0) is 23.3 Å². The normalized spacial score (nSPS) is 29.8. The first kappa shape index (κ1) is 43.6. The van der Waals surface area contributed by atoms with E-state index in [1.54, 1.807) is 31.4 Å². The molecule has 0 aromatic heterocycles. The molecule has 3 fully saturated rings. The highest BCUT2D eigenvalue weighted by Gasteiger charge is 2.57. The Balaban J connectivity index is 1.35. The molecule has 0 radical (unpaired) electrons. The SMILES string of the molecule is COc1ccc(C2OC[C@H]3O[C@@H](O[C@H]4[C@H](CS(=O)(=O)OC)[C@@H](OCc5ccccc5)[C@@H](OC)O[C@@H]4COCc4ccccc4)[C@H](OC(C)=O)[C@@H](OC(C)=O)[C@@H]3O2)cc1. The van der Waals surface area contributed by atoms with E-state index in [-0.39, 0.29) is 26.4 Å². The average molecular weight is 831 g/mol. The Bertz CT molecular complexity index is 1860. The largest absolute Gasteiger partial charge is 0.497 e. The summed E-state index contributed by atoms with van der Waals surface area (Å²) < 4.78 is 99.0. The summed E-state index contributed by atoms with van der Waals surface area (Å²) in [5.41, 5.74) is 2.34. The Morgan fingerprint density at radius 2 is 1.36 bits per heavy atom. The van der Waals surface area contributed by atoms with Gasteiger partial charge in [0.05, 0.1) is 52.5 Å². The summed E-state index contributed by atoms with van der Waals surface area (Å²) in [6.45, 7) is 2.51. The van der Waals surface area contributed by atoms with Gasteiger partial charge in [-0.3, -0.25) is 13.8 Å². The Morgan fingerprint density at radius 1 is 0.724 bits per heavy atom. The number of hydrogen-bond donors (Lipinski definition) is 0. The van der Waals surface area contributed by atoms with Crippen LogP contribution >= 0.6 is 0 Å². The van der Waals surface area contributed by atoms with Crippen molar-refractivity contribution in [2.75, 3.05) is 40.3 Å². The smallest absolute Gasteiger partial charge is 0.303 e. The van der Waals surface area contributed by atoms with Crippen LogP contribution in [0.4, 0.5) is 0 Å². The van der Waals surface area contributed by atoms with Crippen LogP contribution in [0.25, 0.3) is 0 Å². The molecule has 16 nitrogen and oxygen atoms in total. The average Bonchev–Trinajstić information content (AvgIpc) is 3.22. The van der Waals surface area contributed by atoms with Crippen LogP contribution in [0.1, 0.15) is 36.8 Å². The van der Waals surface area contributed by atoms with E-state index in [0.717, 1.165) is 18.2 Å². The summed E-state index contributed by atoms with van der Waals surface area (Å²) in [6.07, 6.45) is -11.3. The maximum Gasteiger partial charge on any atom is 0.303 e. The fourth-order valence-electron chi connectivity index (χ4n) is 7.22. The summed E-state index contributed by atoms with van der Waals surface area (Å²) in [4.78, 5) is 25.4. The minimum atomic E-state index is -4.20. The van der Waals surface area contributed by atoms with Gasteiger partial charge in [0, 0.05) is 32.4 Å². The minimum absolute atomic E-state index is 0.0490. The van der Waals surface area contributed by atoms with E-state index in [0.29, 0.717) is 11.3 Å². The Labute approximate surface area is 337 Å². The number of hydrogen-bond acceptors (Lipinski definition) is 16. The zero-order valence-corrected chi connectivity index (χ0v) is 33.7. The van der Waals surface area contributed by atoms with E-state index >= 15 is 0 Å². The van der Waals surface area contributed by atoms with Crippen molar-refractivity contribution in [1.82, 2.24) is 0 Å². The van der Waals surface area contributed by atoms with Gasteiger partial charge in [0.25, 0.3) is 10.1 Å². The van der Waals surface area contributed by atoms with Gasteiger partial charge in [-0.2, -0.15) is 8.42 Å². The molecule has 3 aliphatic heterocycles. The highest BCUT2D eigenvalue weighted by atomic mass is 32.2. The van der Waals surface area contributed by atoms with E-state index in [1.807, 2.05) is 60.7 Å². The van der Waals surface area contributed by atoms with Crippen molar-refractivity contribution in [3.05, 3.63) is 102 Å². The quantitative estimate of drug-likeness (QED) is 0.141. The number of rotatable bonds is 17. The third kappa shape index (κ3) is 11.2. The minimum Gasteiger partial charge on any atom is -0.497 e. The monoisotopic (exact) mass is 830 g/mol. The molecule has 0 bridgehead atoms. The van der Waals surface area contributed by atoms with Gasteiger partial charge < -0.3 is 52.1 Å². The van der Waals surface area contributed by atoms with Crippen LogP contribution in [-0.2, 0) is 84.5 Å². The standard InChI is InChI=1S/C41H50O16S/c1-25(42)52-37-36-33(23-51-39(57-36)29-16-18-30(46-3)19-17-29)55-41(38(37)53-26(2)43)56-34-31(24-58(44,45)48-5)35(50-21-28-14-10-7-11-15-28)40(47-4)54-32(34)22-49-20-27-12-8-6-9-13-27/h6-19,31-41H,20-24H2,1-5H3/t31-,32+,33+,34-,35+,36+,37-,38+,39?,40-,41-/m0/s1.